The zero-order valence-corrected chi connectivity index (χ0v) is 15.3. The third kappa shape index (κ3) is 3.79. The van der Waals surface area contributed by atoms with E-state index in [0.29, 0.717) is 31.5 Å². The number of carbonyl (C=O) groups excluding carboxylic acids is 1. The van der Waals surface area contributed by atoms with Crippen LogP contribution in [-0.4, -0.2) is 67.9 Å². The lowest BCUT2D eigenvalue weighted by Crippen LogP contribution is -2.57. The molecule has 0 bridgehead atoms. The van der Waals surface area contributed by atoms with Crippen LogP contribution in [0.4, 0.5) is 13.2 Å². The van der Waals surface area contributed by atoms with Crippen molar-refractivity contribution in [1.29, 1.82) is 0 Å². The lowest BCUT2D eigenvalue weighted by molar-refractivity contribution is -0.250. The highest BCUT2D eigenvalue weighted by atomic mass is 19.4. The van der Waals surface area contributed by atoms with Gasteiger partial charge in [-0.25, -0.2) is 4.68 Å². The molecule has 0 aliphatic carbocycles. The molecule has 0 saturated carbocycles. The number of nitrogens with zero attached hydrogens (tertiary/aromatic N) is 5. The highest BCUT2D eigenvalue weighted by Gasteiger charge is 2.57. The second-order valence-corrected chi connectivity index (χ2v) is 6.76. The molecule has 1 N–H and O–H groups in total. The van der Waals surface area contributed by atoms with Crippen LogP contribution in [0.1, 0.15) is 31.4 Å². The number of methoxy groups -OCH3 is 1. The molecule has 3 rings (SSSR count). The van der Waals surface area contributed by atoms with Gasteiger partial charge in [0.15, 0.2) is 5.82 Å². The summed E-state index contributed by atoms with van der Waals surface area (Å²) >= 11 is 0. The van der Waals surface area contributed by atoms with E-state index in [1.807, 2.05) is 0 Å². The van der Waals surface area contributed by atoms with Gasteiger partial charge in [0, 0.05) is 31.3 Å². The van der Waals surface area contributed by atoms with E-state index in [2.05, 4.69) is 15.3 Å². The minimum atomic E-state index is -5.01. The maximum atomic E-state index is 12.9. The van der Waals surface area contributed by atoms with Crippen LogP contribution in [0.2, 0.25) is 0 Å². The fourth-order valence-corrected chi connectivity index (χ4v) is 3.03. The summed E-state index contributed by atoms with van der Waals surface area (Å²) in [6.45, 7) is 0.717. The van der Waals surface area contributed by atoms with Crippen molar-refractivity contribution in [3.8, 4) is 11.7 Å². The van der Waals surface area contributed by atoms with Crippen molar-refractivity contribution >= 4 is 5.91 Å². The summed E-state index contributed by atoms with van der Waals surface area (Å²) in [5.41, 5.74) is -2.62. The number of rotatable bonds is 4. The van der Waals surface area contributed by atoms with Crippen LogP contribution >= 0.6 is 0 Å². The van der Waals surface area contributed by atoms with E-state index in [9.17, 15) is 23.1 Å². The highest BCUT2D eigenvalue weighted by Crippen LogP contribution is 2.34. The number of aromatic nitrogens is 4. The Morgan fingerprint density at radius 2 is 1.89 bits per heavy atom. The first kappa shape index (κ1) is 20.1. The summed E-state index contributed by atoms with van der Waals surface area (Å²) in [6, 6.07) is 5.16. The molecule has 1 amide bonds. The Bertz CT molecular complexity index is 827. The number of amides is 1. The van der Waals surface area contributed by atoms with E-state index in [1.165, 1.54) is 7.11 Å². The number of carbonyl (C=O) groups is 1. The largest absolute Gasteiger partial charge is 0.480 e. The fraction of sp³-hybridized carbons (Fsp3) is 0.529. The van der Waals surface area contributed by atoms with Gasteiger partial charge in [-0.15, -0.1) is 10.2 Å². The summed E-state index contributed by atoms with van der Waals surface area (Å²) in [7, 11) is 1.49. The Balaban J connectivity index is 1.64. The van der Waals surface area contributed by atoms with Crippen LogP contribution in [-0.2, 0) is 4.79 Å². The molecule has 152 valence electrons. The number of halogens is 3. The quantitative estimate of drug-likeness (QED) is 0.841. The van der Waals surface area contributed by atoms with Crippen molar-refractivity contribution in [3.63, 3.8) is 0 Å². The van der Waals surface area contributed by atoms with Crippen LogP contribution in [0.25, 0.3) is 5.82 Å². The summed E-state index contributed by atoms with van der Waals surface area (Å²) < 4.78 is 45.1. The van der Waals surface area contributed by atoms with E-state index in [-0.39, 0.29) is 19.0 Å². The maximum absolute atomic E-state index is 12.9. The molecule has 28 heavy (non-hydrogen) atoms. The molecular formula is C17H20F3N5O3. The second-order valence-electron chi connectivity index (χ2n) is 6.76. The molecule has 1 saturated heterocycles. The number of alkyl halides is 3. The zero-order chi connectivity index (χ0) is 20.5. The van der Waals surface area contributed by atoms with Crippen molar-refractivity contribution in [3.05, 3.63) is 30.1 Å². The molecule has 0 aromatic carbocycles. The van der Waals surface area contributed by atoms with Crippen LogP contribution in [0.3, 0.4) is 0 Å². The molecular weight excluding hydrogens is 379 g/mol. The van der Waals surface area contributed by atoms with Crippen molar-refractivity contribution in [2.75, 3.05) is 20.2 Å². The average Bonchev–Trinajstić information content (AvgIpc) is 3.17. The Kier molecular flexibility index (Phi) is 5.28. The van der Waals surface area contributed by atoms with E-state index in [4.69, 9.17) is 4.74 Å². The first-order chi connectivity index (χ1) is 13.1. The number of hydrogen-bond acceptors (Lipinski definition) is 6. The smallest absolute Gasteiger partial charge is 0.426 e. The van der Waals surface area contributed by atoms with Gasteiger partial charge >= 0.3 is 6.18 Å². The van der Waals surface area contributed by atoms with Gasteiger partial charge in [0.05, 0.1) is 12.8 Å². The molecule has 1 fully saturated rings. The molecule has 2 aromatic rings. The molecule has 11 heteroatoms. The molecule has 0 radical (unpaired) electrons. The van der Waals surface area contributed by atoms with Gasteiger partial charge in [-0.3, -0.25) is 4.79 Å². The maximum Gasteiger partial charge on any atom is 0.426 e. The molecule has 1 aliphatic rings. The third-order valence-electron chi connectivity index (χ3n) is 4.85. The van der Waals surface area contributed by atoms with Crippen molar-refractivity contribution in [2.45, 2.75) is 37.5 Å². The number of piperidine rings is 1. The van der Waals surface area contributed by atoms with E-state index in [1.54, 1.807) is 29.1 Å². The van der Waals surface area contributed by atoms with Gasteiger partial charge in [0.2, 0.25) is 11.5 Å². The third-order valence-corrected chi connectivity index (χ3v) is 4.85. The summed E-state index contributed by atoms with van der Waals surface area (Å²) in [5, 5.41) is 21.9. The van der Waals surface area contributed by atoms with Crippen LogP contribution in [0, 0.1) is 0 Å². The second kappa shape index (κ2) is 7.38. The number of aliphatic hydroxyl groups is 1. The summed E-state index contributed by atoms with van der Waals surface area (Å²) in [5.74, 6) is -0.450. The SMILES string of the molecule is COc1ccc(-n2ccc(C3CCN(C(=O)[C@@](C)(O)C(F)(F)F)CC3)n2)nn1. The van der Waals surface area contributed by atoms with E-state index < -0.39 is 17.7 Å². The molecule has 1 aliphatic heterocycles. The van der Waals surface area contributed by atoms with Crippen LogP contribution in [0.15, 0.2) is 24.4 Å². The number of likely N-dealkylation sites (tertiary alicyclic amines) is 1. The molecule has 3 heterocycles. The predicted molar refractivity (Wildman–Crippen MR) is 90.9 cm³/mol. The average molecular weight is 399 g/mol. The number of hydrogen-bond donors (Lipinski definition) is 1. The first-order valence-corrected chi connectivity index (χ1v) is 8.65. The van der Waals surface area contributed by atoms with Crippen molar-refractivity contribution < 1.29 is 27.8 Å². The van der Waals surface area contributed by atoms with Gasteiger partial charge in [-0.2, -0.15) is 18.3 Å². The van der Waals surface area contributed by atoms with Gasteiger partial charge < -0.3 is 14.7 Å². The van der Waals surface area contributed by atoms with Gasteiger partial charge in [0.1, 0.15) is 0 Å². The summed E-state index contributed by atoms with van der Waals surface area (Å²) in [4.78, 5) is 13.1. The first-order valence-electron chi connectivity index (χ1n) is 8.65. The molecule has 0 unspecified atom stereocenters. The summed E-state index contributed by atoms with van der Waals surface area (Å²) in [6.07, 6.45) is -2.40. The molecule has 1 atom stereocenters. The van der Waals surface area contributed by atoms with E-state index in [0.717, 1.165) is 10.6 Å². The minimum Gasteiger partial charge on any atom is -0.480 e. The van der Waals surface area contributed by atoms with Crippen LogP contribution < -0.4 is 4.74 Å². The number of ether oxygens (including phenoxy) is 1. The van der Waals surface area contributed by atoms with Gasteiger partial charge in [-0.1, -0.05) is 0 Å². The highest BCUT2D eigenvalue weighted by molar-refractivity contribution is 5.85. The molecule has 2 aromatic heterocycles. The van der Waals surface area contributed by atoms with Gasteiger partial charge in [0.25, 0.3) is 5.91 Å². The predicted octanol–water partition coefficient (Wildman–Crippen LogP) is 1.69. The normalized spacial score (nSPS) is 18.0. The van der Waals surface area contributed by atoms with E-state index >= 15 is 0 Å². The monoisotopic (exact) mass is 399 g/mol. The zero-order valence-electron chi connectivity index (χ0n) is 15.3. The van der Waals surface area contributed by atoms with Crippen LogP contribution in [0.5, 0.6) is 5.88 Å². The molecule has 8 nitrogen and oxygen atoms in total. The van der Waals surface area contributed by atoms with Gasteiger partial charge in [-0.05, 0) is 31.9 Å². The standard InChI is InChI=1S/C17H20F3N5O3/c1-16(27,17(18,19)20)15(26)24-8-5-11(6-9-24)12-7-10-25(23-12)13-3-4-14(28-2)22-21-13/h3-4,7,10-11,27H,5-6,8-9H2,1-2H3/t16-/m1/s1. The fourth-order valence-electron chi connectivity index (χ4n) is 3.03. The van der Waals surface area contributed by atoms with Crippen molar-refractivity contribution in [2.24, 2.45) is 0 Å². The lowest BCUT2D eigenvalue weighted by Gasteiger charge is -2.36. The topological polar surface area (TPSA) is 93.4 Å². The Hall–Kier alpha value is -2.69. The van der Waals surface area contributed by atoms with Crippen molar-refractivity contribution in [1.82, 2.24) is 24.9 Å². The Morgan fingerprint density at radius 3 is 2.43 bits per heavy atom. The Labute approximate surface area is 158 Å². The minimum absolute atomic E-state index is 0.00709. The molecule has 0 spiro atoms. The Morgan fingerprint density at radius 1 is 1.21 bits per heavy atom. The lowest BCUT2D eigenvalue weighted by atomic mass is 9.92.